The van der Waals surface area contributed by atoms with Gasteiger partial charge < -0.3 is 5.73 Å². The van der Waals surface area contributed by atoms with Gasteiger partial charge in [0.05, 0.1) is 27.4 Å². The van der Waals surface area contributed by atoms with E-state index in [2.05, 4.69) is 4.98 Å². The Kier molecular flexibility index (Phi) is 5.63. The van der Waals surface area contributed by atoms with Gasteiger partial charge in [0.2, 0.25) is 0 Å². The Morgan fingerprint density at radius 3 is 2.09 bits per heavy atom. The minimum atomic E-state index is -4.06. The molecule has 158 valence electrons. The van der Waals surface area contributed by atoms with E-state index in [0.29, 0.717) is 16.8 Å². The Bertz CT molecular complexity index is 1400. The van der Waals surface area contributed by atoms with Crippen molar-refractivity contribution in [2.45, 2.75) is 11.8 Å². The van der Waals surface area contributed by atoms with Crippen LogP contribution in [-0.4, -0.2) is 13.4 Å². The van der Waals surface area contributed by atoms with Crippen LogP contribution in [0.25, 0.3) is 11.1 Å². The van der Waals surface area contributed by atoms with Gasteiger partial charge in [-0.2, -0.15) is 5.26 Å². The van der Waals surface area contributed by atoms with Gasteiger partial charge >= 0.3 is 0 Å². The topological polar surface area (TPSA) is 100 Å². The third-order valence-corrected chi connectivity index (χ3v) is 6.76. The molecular weight excluding hydrogens is 420 g/mol. The van der Waals surface area contributed by atoms with Crippen molar-refractivity contribution in [1.82, 2.24) is 4.98 Å². The lowest BCUT2D eigenvalue weighted by molar-refractivity contribution is 0.596. The fourth-order valence-electron chi connectivity index (χ4n) is 3.40. The van der Waals surface area contributed by atoms with Crippen LogP contribution in [-0.2, 0) is 10.0 Å². The number of rotatable bonds is 5. The molecule has 2 N–H and O–H groups in total. The number of hydrogen-bond donors (Lipinski definition) is 1. The molecule has 0 atom stereocenters. The number of para-hydroxylation sites is 1. The third-order valence-electron chi connectivity index (χ3n) is 5.02. The van der Waals surface area contributed by atoms with Gasteiger partial charge in [-0.15, -0.1) is 0 Å². The standard InChI is InChI=1S/C25H20N4O2S/c1-18-12-14-22(15-13-18)32(30,31)29(21-10-6-3-7-11-21)25-23(19-8-4-2-5-9-19)24(27)20(16-26)17-28-25/h2-15,17H,1H3,(H2,27,28). The van der Waals surface area contributed by atoms with Crippen molar-refractivity contribution < 1.29 is 8.42 Å². The fraction of sp³-hybridized carbons (Fsp3) is 0.0400. The molecule has 6 nitrogen and oxygen atoms in total. The van der Waals surface area contributed by atoms with Gasteiger partial charge in [-0.3, -0.25) is 0 Å². The number of pyridine rings is 1. The van der Waals surface area contributed by atoms with Crippen LogP contribution in [0.2, 0.25) is 0 Å². The number of nitriles is 1. The van der Waals surface area contributed by atoms with Gasteiger partial charge in [-0.05, 0) is 36.8 Å². The molecule has 0 aliphatic carbocycles. The van der Waals surface area contributed by atoms with E-state index in [0.717, 1.165) is 5.56 Å². The highest BCUT2D eigenvalue weighted by Crippen LogP contribution is 2.41. The summed E-state index contributed by atoms with van der Waals surface area (Å²) in [5.74, 6) is 0.125. The Balaban J connectivity index is 2.05. The summed E-state index contributed by atoms with van der Waals surface area (Å²) in [6.45, 7) is 1.89. The van der Waals surface area contributed by atoms with E-state index < -0.39 is 10.0 Å². The molecule has 4 rings (SSSR count). The summed E-state index contributed by atoms with van der Waals surface area (Å²) in [5, 5.41) is 9.50. The number of benzene rings is 3. The number of nitrogens with zero attached hydrogens (tertiary/aromatic N) is 3. The Morgan fingerprint density at radius 1 is 0.906 bits per heavy atom. The molecule has 4 aromatic rings. The summed E-state index contributed by atoms with van der Waals surface area (Å²) < 4.78 is 28.9. The Morgan fingerprint density at radius 2 is 1.50 bits per heavy atom. The van der Waals surface area contributed by atoms with Gasteiger partial charge in [0, 0.05) is 6.20 Å². The molecule has 0 amide bonds. The van der Waals surface area contributed by atoms with Crippen LogP contribution in [0.1, 0.15) is 11.1 Å². The van der Waals surface area contributed by atoms with Crippen LogP contribution in [0.3, 0.4) is 0 Å². The molecule has 0 fully saturated rings. The lowest BCUT2D eigenvalue weighted by Crippen LogP contribution is -2.28. The van der Waals surface area contributed by atoms with Crippen molar-refractivity contribution in [1.29, 1.82) is 5.26 Å². The van der Waals surface area contributed by atoms with Crippen LogP contribution in [0, 0.1) is 18.3 Å². The highest BCUT2D eigenvalue weighted by molar-refractivity contribution is 7.93. The average molecular weight is 441 g/mol. The van der Waals surface area contributed by atoms with E-state index in [9.17, 15) is 13.7 Å². The van der Waals surface area contributed by atoms with Crippen LogP contribution in [0.15, 0.2) is 96.0 Å². The van der Waals surface area contributed by atoms with Gasteiger partial charge in [0.15, 0.2) is 5.82 Å². The molecule has 0 radical (unpaired) electrons. The quantitative estimate of drug-likeness (QED) is 0.469. The number of anilines is 3. The first-order chi connectivity index (χ1) is 15.4. The second kappa shape index (κ2) is 8.53. The Hall–Kier alpha value is -4.15. The highest BCUT2D eigenvalue weighted by Gasteiger charge is 2.31. The minimum Gasteiger partial charge on any atom is -0.397 e. The molecule has 3 aromatic carbocycles. The zero-order chi connectivity index (χ0) is 22.7. The molecule has 0 aliphatic heterocycles. The molecule has 32 heavy (non-hydrogen) atoms. The maximum atomic E-state index is 13.9. The second-order valence-corrected chi connectivity index (χ2v) is 8.97. The SMILES string of the molecule is Cc1ccc(S(=O)(=O)N(c2ccccc2)c2ncc(C#N)c(N)c2-c2ccccc2)cc1. The molecule has 1 heterocycles. The van der Waals surface area contributed by atoms with Crippen molar-refractivity contribution in [3.05, 3.63) is 102 Å². The molecule has 0 aliphatic rings. The van der Waals surface area contributed by atoms with Crippen LogP contribution >= 0.6 is 0 Å². The molecule has 0 saturated heterocycles. The van der Waals surface area contributed by atoms with E-state index in [1.165, 1.54) is 10.5 Å². The molecule has 7 heteroatoms. The van der Waals surface area contributed by atoms with Gasteiger partial charge in [0.1, 0.15) is 6.07 Å². The number of aryl methyl sites for hydroxylation is 1. The van der Waals surface area contributed by atoms with E-state index in [1.54, 1.807) is 66.7 Å². The van der Waals surface area contributed by atoms with Crippen LogP contribution in [0.4, 0.5) is 17.2 Å². The summed E-state index contributed by atoms with van der Waals surface area (Å²) >= 11 is 0. The molecular formula is C25H20N4O2S. The van der Waals surface area contributed by atoms with Crippen molar-refractivity contribution in [2.24, 2.45) is 0 Å². The molecule has 0 unspecified atom stereocenters. The number of nitrogen functional groups attached to an aromatic ring is 1. The van der Waals surface area contributed by atoms with E-state index in [-0.39, 0.29) is 22.0 Å². The first-order valence-corrected chi connectivity index (χ1v) is 11.3. The molecule has 0 bridgehead atoms. The van der Waals surface area contributed by atoms with Gasteiger partial charge in [-0.25, -0.2) is 17.7 Å². The number of aromatic nitrogens is 1. The summed E-state index contributed by atoms with van der Waals surface area (Å²) in [6, 6.07) is 26.4. The van der Waals surface area contributed by atoms with Crippen LogP contribution in [0.5, 0.6) is 0 Å². The van der Waals surface area contributed by atoms with Gasteiger partial charge in [0.25, 0.3) is 10.0 Å². The lowest BCUT2D eigenvalue weighted by atomic mass is 10.0. The molecule has 0 saturated carbocycles. The zero-order valence-corrected chi connectivity index (χ0v) is 18.1. The zero-order valence-electron chi connectivity index (χ0n) is 17.3. The second-order valence-electron chi connectivity index (χ2n) is 7.18. The maximum Gasteiger partial charge on any atom is 0.269 e. The Labute approximate surface area is 187 Å². The smallest absolute Gasteiger partial charge is 0.269 e. The van der Waals surface area contributed by atoms with Gasteiger partial charge in [-0.1, -0.05) is 66.2 Å². The number of sulfonamides is 1. The lowest BCUT2D eigenvalue weighted by Gasteiger charge is -2.26. The fourth-order valence-corrected chi connectivity index (χ4v) is 4.86. The minimum absolute atomic E-state index is 0.121. The number of nitrogens with two attached hydrogens (primary N) is 1. The molecule has 1 aromatic heterocycles. The average Bonchev–Trinajstić information content (AvgIpc) is 2.81. The summed E-state index contributed by atoms with van der Waals surface area (Å²) in [6.07, 6.45) is 1.30. The third kappa shape index (κ3) is 3.80. The number of hydrogen-bond acceptors (Lipinski definition) is 5. The summed E-state index contributed by atoms with van der Waals surface area (Å²) in [4.78, 5) is 4.54. The predicted molar refractivity (Wildman–Crippen MR) is 126 cm³/mol. The van der Waals surface area contributed by atoms with E-state index >= 15 is 0 Å². The van der Waals surface area contributed by atoms with Crippen molar-refractivity contribution in [3.8, 4) is 17.2 Å². The van der Waals surface area contributed by atoms with Crippen molar-refractivity contribution >= 4 is 27.2 Å². The largest absolute Gasteiger partial charge is 0.397 e. The first-order valence-electron chi connectivity index (χ1n) is 9.84. The first kappa shape index (κ1) is 21.1. The van der Waals surface area contributed by atoms with E-state index in [4.69, 9.17) is 5.73 Å². The monoisotopic (exact) mass is 440 g/mol. The summed E-state index contributed by atoms with van der Waals surface area (Å²) in [5.41, 5.74) is 9.09. The normalized spacial score (nSPS) is 11.0. The maximum absolute atomic E-state index is 13.9. The highest BCUT2D eigenvalue weighted by atomic mass is 32.2. The summed E-state index contributed by atoms with van der Waals surface area (Å²) in [7, 11) is -4.06. The molecule has 0 spiro atoms. The van der Waals surface area contributed by atoms with Crippen molar-refractivity contribution in [2.75, 3.05) is 10.0 Å². The van der Waals surface area contributed by atoms with Crippen LogP contribution < -0.4 is 10.0 Å². The van der Waals surface area contributed by atoms with Crippen molar-refractivity contribution in [3.63, 3.8) is 0 Å². The van der Waals surface area contributed by atoms with E-state index in [1.807, 2.05) is 31.2 Å². The predicted octanol–water partition coefficient (Wildman–Crippen LogP) is 5.04.